The van der Waals surface area contributed by atoms with E-state index in [4.69, 9.17) is 15.9 Å². The molecule has 4 nitrogen and oxygen atoms in total. The molecule has 0 amide bonds. The molecule has 1 rings (SSSR count). The molecule has 0 unspecified atom stereocenters. The van der Waals surface area contributed by atoms with Gasteiger partial charge in [0.2, 0.25) is 0 Å². The Hall–Kier alpha value is -1.33. The Labute approximate surface area is 87.5 Å². The number of hydrogen-bond donors (Lipinski definition) is 4. The van der Waals surface area contributed by atoms with E-state index in [0.29, 0.717) is 5.69 Å². The fraction of sp³-hybridized carbons (Fsp3) is 0.400. The number of aliphatic hydroxyl groups excluding tert-OH is 2. The molecule has 0 aliphatic rings. The molecule has 0 spiro atoms. The zero-order valence-corrected chi connectivity index (χ0v) is 8.50. The van der Waals surface area contributed by atoms with Crippen LogP contribution in [-0.4, -0.2) is 29.0 Å². The molecule has 1 aromatic rings. The standard InChI is InChI=1S/C10H15FN2O2/c1-10(5-14,6-15)13-9-3-2-7(12)4-8(9)11/h2-4,13-15H,5-6,12H2,1H3. The minimum Gasteiger partial charge on any atom is -0.399 e. The summed E-state index contributed by atoms with van der Waals surface area (Å²) in [5.41, 5.74) is 4.97. The highest BCUT2D eigenvalue weighted by atomic mass is 19.1. The average molecular weight is 214 g/mol. The van der Waals surface area contributed by atoms with Crippen molar-refractivity contribution in [3.63, 3.8) is 0 Å². The van der Waals surface area contributed by atoms with Crippen LogP contribution in [0, 0.1) is 5.82 Å². The Balaban J connectivity index is 2.89. The van der Waals surface area contributed by atoms with Gasteiger partial charge in [-0.2, -0.15) is 0 Å². The fourth-order valence-electron chi connectivity index (χ4n) is 1.09. The maximum Gasteiger partial charge on any atom is 0.148 e. The van der Waals surface area contributed by atoms with Crippen LogP contribution < -0.4 is 11.1 Å². The summed E-state index contributed by atoms with van der Waals surface area (Å²) in [5, 5.41) is 20.8. The lowest BCUT2D eigenvalue weighted by Gasteiger charge is -2.27. The van der Waals surface area contributed by atoms with E-state index in [0.717, 1.165) is 0 Å². The molecular formula is C10H15FN2O2. The monoisotopic (exact) mass is 214 g/mol. The third kappa shape index (κ3) is 2.81. The van der Waals surface area contributed by atoms with E-state index in [2.05, 4.69) is 5.32 Å². The van der Waals surface area contributed by atoms with E-state index in [-0.39, 0.29) is 18.9 Å². The van der Waals surface area contributed by atoms with Gasteiger partial charge in [-0.25, -0.2) is 4.39 Å². The maximum absolute atomic E-state index is 13.3. The molecule has 0 saturated heterocycles. The third-order valence-electron chi connectivity index (χ3n) is 2.13. The Bertz CT molecular complexity index is 340. The summed E-state index contributed by atoms with van der Waals surface area (Å²) in [5.74, 6) is -0.511. The molecule has 1 aromatic carbocycles. The van der Waals surface area contributed by atoms with Gasteiger partial charge in [0.15, 0.2) is 0 Å². The normalized spacial score (nSPS) is 11.5. The highest BCUT2D eigenvalue weighted by molar-refractivity contribution is 5.53. The van der Waals surface area contributed by atoms with Crippen LogP contribution in [0.1, 0.15) is 6.92 Å². The van der Waals surface area contributed by atoms with Crippen LogP contribution in [0.5, 0.6) is 0 Å². The summed E-state index contributed by atoms with van der Waals surface area (Å²) < 4.78 is 13.3. The van der Waals surface area contributed by atoms with Crippen molar-refractivity contribution in [1.29, 1.82) is 0 Å². The summed E-state index contributed by atoms with van der Waals surface area (Å²) in [6.45, 7) is 0.990. The van der Waals surface area contributed by atoms with Gasteiger partial charge in [-0.15, -0.1) is 0 Å². The molecule has 5 heteroatoms. The summed E-state index contributed by atoms with van der Waals surface area (Å²) in [6, 6.07) is 4.19. The van der Waals surface area contributed by atoms with E-state index < -0.39 is 11.4 Å². The minimum atomic E-state index is -0.947. The van der Waals surface area contributed by atoms with Crippen molar-refractivity contribution in [3.05, 3.63) is 24.0 Å². The SMILES string of the molecule is CC(CO)(CO)Nc1ccc(N)cc1F. The predicted octanol–water partition coefficient (Wildman–Crippen LogP) is 0.563. The van der Waals surface area contributed by atoms with Gasteiger partial charge in [0.25, 0.3) is 0 Å². The first-order valence-electron chi connectivity index (χ1n) is 4.56. The molecule has 0 aliphatic carbocycles. The van der Waals surface area contributed by atoms with E-state index >= 15 is 0 Å². The number of hydrogen-bond acceptors (Lipinski definition) is 4. The second-order valence-electron chi connectivity index (χ2n) is 3.74. The smallest absolute Gasteiger partial charge is 0.148 e. The predicted molar refractivity (Wildman–Crippen MR) is 57.0 cm³/mol. The van der Waals surface area contributed by atoms with Crippen molar-refractivity contribution in [3.8, 4) is 0 Å². The summed E-state index contributed by atoms with van der Waals surface area (Å²) in [7, 11) is 0. The lowest BCUT2D eigenvalue weighted by Crippen LogP contribution is -2.42. The topological polar surface area (TPSA) is 78.5 Å². The van der Waals surface area contributed by atoms with Crippen LogP contribution in [0.25, 0.3) is 0 Å². The number of benzene rings is 1. The number of nitrogen functional groups attached to an aromatic ring is 1. The lowest BCUT2D eigenvalue weighted by molar-refractivity contribution is 0.147. The number of nitrogens with one attached hydrogen (secondary N) is 1. The van der Waals surface area contributed by atoms with E-state index in [1.165, 1.54) is 12.1 Å². The third-order valence-corrected chi connectivity index (χ3v) is 2.13. The highest BCUT2D eigenvalue weighted by Gasteiger charge is 2.22. The van der Waals surface area contributed by atoms with Crippen LogP contribution >= 0.6 is 0 Å². The second kappa shape index (κ2) is 4.46. The van der Waals surface area contributed by atoms with Crippen molar-refractivity contribution >= 4 is 11.4 Å². The second-order valence-corrected chi connectivity index (χ2v) is 3.74. The number of nitrogens with two attached hydrogens (primary N) is 1. The van der Waals surface area contributed by atoms with Crippen LogP contribution in [-0.2, 0) is 0 Å². The van der Waals surface area contributed by atoms with Gasteiger partial charge in [0.05, 0.1) is 24.4 Å². The van der Waals surface area contributed by atoms with Crippen molar-refractivity contribution in [2.75, 3.05) is 24.3 Å². The molecule has 0 saturated carbocycles. The number of halogens is 1. The van der Waals surface area contributed by atoms with Crippen LogP contribution in [0.3, 0.4) is 0 Å². The first kappa shape index (κ1) is 11.7. The van der Waals surface area contributed by atoms with Gasteiger partial charge in [-0.3, -0.25) is 0 Å². The van der Waals surface area contributed by atoms with Crippen LogP contribution in [0.2, 0.25) is 0 Å². The van der Waals surface area contributed by atoms with E-state index in [9.17, 15) is 4.39 Å². The molecule has 0 fully saturated rings. The van der Waals surface area contributed by atoms with Crippen LogP contribution in [0.4, 0.5) is 15.8 Å². The Morgan fingerprint density at radius 3 is 2.47 bits per heavy atom. The maximum atomic E-state index is 13.3. The van der Waals surface area contributed by atoms with Crippen molar-refractivity contribution in [2.45, 2.75) is 12.5 Å². The molecule has 84 valence electrons. The molecule has 5 N–H and O–H groups in total. The molecule has 15 heavy (non-hydrogen) atoms. The number of rotatable bonds is 4. The molecule has 0 bridgehead atoms. The van der Waals surface area contributed by atoms with E-state index in [1.54, 1.807) is 13.0 Å². The average Bonchev–Trinajstić information content (AvgIpc) is 2.22. The highest BCUT2D eigenvalue weighted by Crippen LogP contribution is 2.20. The van der Waals surface area contributed by atoms with E-state index in [1.807, 2.05) is 0 Å². The van der Waals surface area contributed by atoms with Gasteiger partial charge in [-0.1, -0.05) is 0 Å². The van der Waals surface area contributed by atoms with Gasteiger partial charge < -0.3 is 21.3 Å². The minimum absolute atomic E-state index is 0.204. The summed E-state index contributed by atoms with van der Waals surface area (Å²) in [6.07, 6.45) is 0. The number of aliphatic hydroxyl groups is 2. The molecule has 0 radical (unpaired) electrons. The van der Waals surface area contributed by atoms with Crippen LogP contribution in [0.15, 0.2) is 18.2 Å². The Morgan fingerprint density at radius 1 is 1.40 bits per heavy atom. The summed E-state index contributed by atoms with van der Waals surface area (Å²) in [4.78, 5) is 0. The molecule has 0 atom stereocenters. The molecule has 0 aromatic heterocycles. The largest absolute Gasteiger partial charge is 0.399 e. The quantitative estimate of drug-likeness (QED) is 0.552. The zero-order chi connectivity index (χ0) is 11.5. The van der Waals surface area contributed by atoms with Crippen molar-refractivity contribution < 1.29 is 14.6 Å². The molecular weight excluding hydrogens is 199 g/mol. The van der Waals surface area contributed by atoms with Crippen molar-refractivity contribution in [2.24, 2.45) is 0 Å². The lowest BCUT2D eigenvalue weighted by atomic mass is 10.0. The number of anilines is 2. The zero-order valence-electron chi connectivity index (χ0n) is 8.50. The molecule has 0 aliphatic heterocycles. The van der Waals surface area contributed by atoms with Gasteiger partial charge >= 0.3 is 0 Å². The first-order chi connectivity index (χ1) is 7.00. The van der Waals surface area contributed by atoms with Crippen molar-refractivity contribution in [1.82, 2.24) is 0 Å². The first-order valence-corrected chi connectivity index (χ1v) is 4.56. The van der Waals surface area contributed by atoms with Gasteiger partial charge in [0, 0.05) is 5.69 Å². The fourth-order valence-corrected chi connectivity index (χ4v) is 1.09. The summed E-state index contributed by atoms with van der Waals surface area (Å²) >= 11 is 0. The van der Waals surface area contributed by atoms with Gasteiger partial charge in [0.1, 0.15) is 5.82 Å². The molecule has 0 heterocycles. The van der Waals surface area contributed by atoms with Gasteiger partial charge in [-0.05, 0) is 25.1 Å². The Morgan fingerprint density at radius 2 is 2.00 bits per heavy atom. The Kier molecular flexibility index (Phi) is 3.49.